The number of aliphatic hydroxyl groups is 2. The predicted octanol–water partition coefficient (Wildman–Crippen LogP) is 1.81. The van der Waals surface area contributed by atoms with Crippen LogP contribution in [-0.2, 0) is 12.8 Å². The van der Waals surface area contributed by atoms with Gasteiger partial charge in [-0.1, -0.05) is 12.1 Å². The minimum Gasteiger partial charge on any atom is -0.504 e. The summed E-state index contributed by atoms with van der Waals surface area (Å²) >= 11 is 0. The number of aromatic hydroxyl groups is 3. The van der Waals surface area contributed by atoms with E-state index in [9.17, 15) is 25.5 Å². The van der Waals surface area contributed by atoms with Gasteiger partial charge in [0.05, 0.1) is 7.11 Å². The summed E-state index contributed by atoms with van der Waals surface area (Å²) in [6, 6.07) is 9.53. The maximum Gasteiger partial charge on any atom is 0.160 e. The van der Waals surface area contributed by atoms with E-state index < -0.39 is 0 Å². The number of hydrogen-bond donors (Lipinski definition) is 5. The number of ether oxygens (including phenoxy) is 1. The molecule has 2 rings (SSSR count). The average molecular weight is 348 g/mol. The Kier molecular flexibility index (Phi) is 6.50. The van der Waals surface area contributed by atoms with Crippen LogP contribution in [-0.4, -0.2) is 45.9 Å². The zero-order chi connectivity index (χ0) is 18.4. The normalized spacial score (nSPS) is 13.4. The number of benzene rings is 2. The highest BCUT2D eigenvalue weighted by Crippen LogP contribution is 2.30. The summed E-state index contributed by atoms with van der Waals surface area (Å²) < 4.78 is 5.09. The van der Waals surface area contributed by atoms with Crippen LogP contribution >= 0.6 is 0 Å². The molecule has 0 bridgehead atoms. The van der Waals surface area contributed by atoms with Gasteiger partial charge >= 0.3 is 0 Å². The Bertz CT molecular complexity index is 700. The monoisotopic (exact) mass is 348 g/mol. The topological polar surface area (TPSA) is 110 Å². The lowest BCUT2D eigenvalue weighted by Gasteiger charge is -2.24. The molecule has 0 heterocycles. The highest BCUT2D eigenvalue weighted by Gasteiger charge is 2.22. The molecule has 2 atom stereocenters. The van der Waals surface area contributed by atoms with Crippen molar-refractivity contribution in [2.75, 3.05) is 20.3 Å². The van der Waals surface area contributed by atoms with Crippen molar-refractivity contribution in [2.24, 2.45) is 11.8 Å². The molecule has 0 spiro atoms. The molecule has 6 nitrogen and oxygen atoms in total. The molecule has 0 aliphatic carbocycles. The quantitative estimate of drug-likeness (QED) is 0.466. The Morgan fingerprint density at radius 3 is 1.76 bits per heavy atom. The van der Waals surface area contributed by atoms with Crippen molar-refractivity contribution in [3.63, 3.8) is 0 Å². The fraction of sp³-hybridized carbons (Fsp3) is 0.368. The molecule has 136 valence electrons. The molecule has 0 aromatic heterocycles. The molecule has 5 N–H and O–H groups in total. The Labute approximate surface area is 146 Å². The van der Waals surface area contributed by atoms with Gasteiger partial charge in [-0.3, -0.25) is 0 Å². The van der Waals surface area contributed by atoms with Gasteiger partial charge in [-0.2, -0.15) is 0 Å². The molecule has 25 heavy (non-hydrogen) atoms. The number of phenolic OH excluding ortho intramolecular Hbond substituents is 3. The molecule has 0 unspecified atom stereocenters. The summed E-state index contributed by atoms with van der Waals surface area (Å²) in [7, 11) is 1.47. The van der Waals surface area contributed by atoms with Gasteiger partial charge in [0, 0.05) is 13.2 Å². The summed E-state index contributed by atoms with van der Waals surface area (Å²) in [5, 5.41) is 48.2. The van der Waals surface area contributed by atoms with E-state index in [1.807, 2.05) is 0 Å². The Hall–Kier alpha value is -2.44. The van der Waals surface area contributed by atoms with Crippen molar-refractivity contribution in [3.8, 4) is 23.0 Å². The lowest BCUT2D eigenvalue weighted by atomic mass is 9.83. The Morgan fingerprint density at radius 1 is 0.760 bits per heavy atom. The van der Waals surface area contributed by atoms with Crippen molar-refractivity contribution < 1.29 is 30.3 Å². The average Bonchev–Trinajstić information content (AvgIpc) is 2.62. The van der Waals surface area contributed by atoms with E-state index in [2.05, 4.69) is 0 Å². The van der Waals surface area contributed by atoms with Gasteiger partial charge in [0.25, 0.3) is 0 Å². The van der Waals surface area contributed by atoms with Gasteiger partial charge in [-0.15, -0.1) is 0 Å². The van der Waals surface area contributed by atoms with E-state index in [-0.39, 0.29) is 42.3 Å². The third-order valence-electron chi connectivity index (χ3n) is 4.42. The molecule has 0 aliphatic rings. The third kappa shape index (κ3) is 4.78. The Morgan fingerprint density at radius 2 is 1.28 bits per heavy atom. The van der Waals surface area contributed by atoms with Crippen molar-refractivity contribution in [3.05, 3.63) is 47.5 Å². The highest BCUT2D eigenvalue weighted by atomic mass is 16.5. The zero-order valence-corrected chi connectivity index (χ0v) is 14.1. The molecule has 0 aliphatic heterocycles. The molecule has 0 radical (unpaired) electrons. The van der Waals surface area contributed by atoms with Crippen molar-refractivity contribution in [2.45, 2.75) is 12.8 Å². The summed E-state index contributed by atoms with van der Waals surface area (Å²) in [6.07, 6.45) is 0.952. The summed E-state index contributed by atoms with van der Waals surface area (Å²) in [6.45, 7) is -0.236. The molecular formula is C19H24O6. The molecule has 0 saturated heterocycles. The van der Waals surface area contributed by atoms with Crippen LogP contribution in [0.2, 0.25) is 0 Å². The summed E-state index contributed by atoms with van der Waals surface area (Å²) in [5.74, 6) is -0.440. The standard InChI is InChI=1S/C19H24O6/c1-25-19-9-13(3-5-17(19)23)7-15(11-21)14(10-20)6-12-2-4-16(22)18(24)8-12/h2-5,8-9,14-15,20-24H,6-7,10-11H2,1H3/t14-,15+/m1/s1. The van der Waals surface area contributed by atoms with Crippen molar-refractivity contribution in [1.82, 2.24) is 0 Å². The molecule has 2 aromatic rings. The first kappa shape index (κ1) is 18.9. The Balaban J connectivity index is 2.14. The van der Waals surface area contributed by atoms with Crippen LogP contribution < -0.4 is 4.74 Å². The zero-order valence-electron chi connectivity index (χ0n) is 14.1. The van der Waals surface area contributed by atoms with Crippen LogP contribution in [0, 0.1) is 11.8 Å². The van der Waals surface area contributed by atoms with E-state index in [0.29, 0.717) is 18.6 Å². The molecule has 0 saturated carbocycles. The van der Waals surface area contributed by atoms with Gasteiger partial charge in [-0.05, 0) is 60.1 Å². The highest BCUT2D eigenvalue weighted by molar-refractivity contribution is 5.42. The first-order chi connectivity index (χ1) is 12.0. The summed E-state index contributed by atoms with van der Waals surface area (Å²) in [4.78, 5) is 0. The molecular weight excluding hydrogens is 324 g/mol. The van der Waals surface area contributed by atoms with Crippen molar-refractivity contribution in [1.29, 1.82) is 0 Å². The molecule has 0 amide bonds. The van der Waals surface area contributed by atoms with Gasteiger partial charge in [0.2, 0.25) is 0 Å². The fourth-order valence-electron chi connectivity index (χ4n) is 2.91. The molecule has 6 heteroatoms. The lowest BCUT2D eigenvalue weighted by molar-refractivity contribution is 0.119. The number of phenols is 3. The molecule has 2 aromatic carbocycles. The van der Waals surface area contributed by atoms with E-state index in [1.165, 1.54) is 25.3 Å². The van der Waals surface area contributed by atoms with Crippen LogP contribution in [0.4, 0.5) is 0 Å². The first-order valence-electron chi connectivity index (χ1n) is 8.07. The fourth-order valence-corrected chi connectivity index (χ4v) is 2.91. The summed E-state index contributed by atoms with van der Waals surface area (Å²) in [5.41, 5.74) is 1.64. The van der Waals surface area contributed by atoms with Gasteiger partial charge in [-0.25, -0.2) is 0 Å². The van der Waals surface area contributed by atoms with Crippen LogP contribution in [0.1, 0.15) is 11.1 Å². The van der Waals surface area contributed by atoms with Crippen LogP contribution in [0.25, 0.3) is 0 Å². The minimum absolute atomic E-state index is 0.0464. The van der Waals surface area contributed by atoms with Gasteiger partial charge < -0.3 is 30.3 Å². The number of rotatable bonds is 8. The minimum atomic E-state index is -0.228. The predicted molar refractivity (Wildman–Crippen MR) is 93.0 cm³/mol. The van der Waals surface area contributed by atoms with Crippen LogP contribution in [0.3, 0.4) is 0 Å². The molecule has 0 fully saturated rings. The van der Waals surface area contributed by atoms with Crippen LogP contribution in [0.15, 0.2) is 36.4 Å². The number of hydrogen-bond acceptors (Lipinski definition) is 6. The second-order valence-corrected chi connectivity index (χ2v) is 6.12. The van der Waals surface area contributed by atoms with Gasteiger partial charge in [0.1, 0.15) is 0 Å². The maximum absolute atomic E-state index is 9.77. The smallest absolute Gasteiger partial charge is 0.160 e. The largest absolute Gasteiger partial charge is 0.504 e. The van der Waals surface area contributed by atoms with Crippen LogP contribution in [0.5, 0.6) is 23.0 Å². The number of methoxy groups -OCH3 is 1. The van der Waals surface area contributed by atoms with E-state index in [0.717, 1.165) is 11.1 Å². The second kappa shape index (κ2) is 8.60. The third-order valence-corrected chi connectivity index (χ3v) is 4.42. The second-order valence-electron chi connectivity index (χ2n) is 6.12. The SMILES string of the molecule is COc1cc(C[C@@H](CO)[C@@H](CO)Cc2ccc(O)c(O)c2)ccc1O. The number of aliphatic hydroxyl groups excluding tert-OH is 2. The first-order valence-corrected chi connectivity index (χ1v) is 8.07. The van der Waals surface area contributed by atoms with E-state index in [1.54, 1.807) is 18.2 Å². The maximum atomic E-state index is 9.77. The van der Waals surface area contributed by atoms with Gasteiger partial charge in [0.15, 0.2) is 23.0 Å². The lowest BCUT2D eigenvalue weighted by Crippen LogP contribution is -2.26. The van der Waals surface area contributed by atoms with Crippen molar-refractivity contribution >= 4 is 0 Å². The van der Waals surface area contributed by atoms with E-state index >= 15 is 0 Å². The van der Waals surface area contributed by atoms with E-state index in [4.69, 9.17) is 4.74 Å².